The molecule has 0 bridgehead atoms. The van der Waals surface area contributed by atoms with Gasteiger partial charge in [-0.25, -0.2) is 6.21 Å². The van der Waals surface area contributed by atoms with Crippen LogP contribution in [0.1, 0.15) is 37.1 Å². The van der Waals surface area contributed by atoms with E-state index >= 15 is 0 Å². The summed E-state index contributed by atoms with van der Waals surface area (Å²) in [6.45, 7) is 3.54. The number of nitrogens with zero attached hydrogens (tertiary/aromatic N) is 4. The third kappa shape index (κ3) is 12.4. The molecule has 6 rings (SSSR count). The Balaban J connectivity index is 0.00000157. The molecule has 0 aromatic heterocycles. The van der Waals surface area contributed by atoms with Crippen LogP contribution in [-0.4, -0.2) is 37.2 Å². The molecular formula is C47H48FeN4P2+2. The minimum Gasteiger partial charge on any atom is -0.814 e. The van der Waals surface area contributed by atoms with Crippen LogP contribution in [0.2, 0.25) is 0 Å². The molecule has 7 heteroatoms. The van der Waals surface area contributed by atoms with E-state index in [0.29, 0.717) is 0 Å². The zero-order valence-corrected chi connectivity index (χ0v) is 33.9. The fraction of sp³-hybridized carbons (Fsp3) is 0.128. The Morgan fingerprint density at radius 3 is 1.00 bits per heavy atom. The fourth-order valence-electron chi connectivity index (χ4n) is 6.24. The van der Waals surface area contributed by atoms with E-state index in [4.69, 9.17) is 20.4 Å². The van der Waals surface area contributed by atoms with Gasteiger partial charge in [0.15, 0.2) is 0 Å². The fourth-order valence-corrected chi connectivity index (χ4v) is 10.8. The van der Waals surface area contributed by atoms with E-state index in [9.17, 15) is 0 Å². The van der Waals surface area contributed by atoms with Gasteiger partial charge in [0.05, 0.1) is 37.1 Å². The van der Waals surface area contributed by atoms with E-state index in [2.05, 4.69) is 194 Å². The van der Waals surface area contributed by atoms with Crippen molar-refractivity contribution in [2.45, 2.75) is 25.9 Å². The molecule has 4 nitrogen and oxygen atoms in total. The van der Waals surface area contributed by atoms with Crippen LogP contribution >= 0.6 is 15.8 Å². The van der Waals surface area contributed by atoms with Crippen molar-refractivity contribution >= 4 is 61.9 Å². The quantitative estimate of drug-likeness (QED) is 0.0431. The maximum Gasteiger partial charge on any atom is 2.00 e. The summed E-state index contributed by atoms with van der Waals surface area (Å²) in [6, 6.07) is 64.9. The average molecular weight is 787 g/mol. The summed E-state index contributed by atoms with van der Waals surface area (Å²) in [5, 5.41) is 13.0. The third-order valence-corrected chi connectivity index (χ3v) is 14.0. The van der Waals surface area contributed by atoms with E-state index in [0.717, 1.165) is 35.7 Å². The summed E-state index contributed by atoms with van der Waals surface area (Å²) in [6.07, 6.45) is 8.91. The first-order valence-corrected chi connectivity index (χ1v) is 21.5. The van der Waals surface area contributed by atoms with Gasteiger partial charge in [0.25, 0.3) is 0 Å². The average Bonchev–Trinajstić information content (AvgIpc) is 3.23. The predicted octanol–water partition coefficient (Wildman–Crippen LogP) is 9.61. The Labute approximate surface area is 335 Å². The van der Waals surface area contributed by atoms with Crippen molar-refractivity contribution in [1.29, 1.82) is 0 Å². The summed E-state index contributed by atoms with van der Waals surface area (Å²) in [5.41, 5.74) is 2.21. The molecule has 0 heterocycles. The van der Waals surface area contributed by atoms with Gasteiger partial charge >= 0.3 is 17.1 Å². The standard InChI is InChI=1S/C45H42N3P2.C2H4N.Fe/c1-2-46-45(43(37-21-9-3-10-22-37)47-33-35-49(39-25-13-5-14-26-39)40-27-15-6-16-28-40)44(38-23-11-4-12-24-38)48-34-36-50(41-29-17-7-18-30-41)42-31-19-8-20-32-42;1-2-3;/h2-34,43-44H,35-36H2,1H3;2H,1H3;/q2*-1;+2/p+2. The van der Waals surface area contributed by atoms with Gasteiger partial charge in [-0.3, -0.25) is 9.98 Å². The molecule has 0 N–H and O–H groups in total. The van der Waals surface area contributed by atoms with Crippen molar-refractivity contribution in [1.82, 2.24) is 0 Å². The molecule has 2 atom stereocenters. The third-order valence-electron chi connectivity index (χ3n) is 8.66. The van der Waals surface area contributed by atoms with Gasteiger partial charge in [-0.05, 0) is 59.7 Å². The summed E-state index contributed by atoms with van der Waals surface area (Å²) >= 11 is 0. The van der Waals surface area contributed by atoms with E-state index in [-0.39, 0.29) is 29.2 Å². The summed E-state index contributed by atoms with van der Waals surface area (Å²) in [4.78, 5) is 15.8. The Morgan fingerprint density at radius 2 is 0.741 bits per heavy atom. The summed E-state index contributed by atoms with van der Waals surface area (Å²) in [5.74, 6) is 0. The molecule has 54 heavy (non-hydrogen) atoms. The van der Waals surface area contributed by atoms with Gasteiger partial charge < -0.3 is 10.4 Å². The molecule has 0 saturated carbocycles. The van der Waals surface area contributed by atoms with Crippen molar-refractivity contribution in [3.8, 4) is 0 Å². The first kappa shape index (κ1) is 42.0. The van der Waals surface area contributed by atoms with E-state index in [1.54, 1.807) is 6.92 Å². The Bertz CT molecular complexity index is 1760. The Morgan fingerprint density at radius 1 is 0.481 bits per heavy atom. The van der Waals surface area contributed by atoms with Crippen molar-refractivity contribution in [3.63, 3.8) is 0 Å². The number of hydrogen-bond donors (Lipinski definition) is 0. The molecule has 0 radical (unpaired) electrons. The Kier molecular flexibility index (Phi) is 18.5. The van der Waals surface area contributed by atoms with Crippen molar-refractivity contribution in [2.75, 3.05) is 12.3 Å². The van der Waals surface area contributed by atoms with Crippen LogP contribution in [0, 0.1) is 6.04 Å². The first-order valence-electron chi connectivity index (χ1n) is 18.1. The van der Waals surface area contributed by atoms with Gasteiger partial charge in [0.1, 0.15) is 12.3 Å². The normalized spacial score (nSPS) is 12.3. The summed E-state index contributed by atoms with van der Waals surface area (Å²) in [7, 11) is -2.17. The number of benzene rings is 6. The smallest absolute Gasteiger partial charge is 0.814 e. The zero-order chi connectivity index (χ0) is 36.9. The van der Waals surface area contributed by atoms with Crippen LogP contribution in [0.25, 0.3) is 5.41 Å². The molecule has 0 saturated heterocycles. The molecule has 0 aliphatic heterocycles. The van der Waals surface area contributed by atoms with Gasteiger partial charge in [0.2, 0.25) is 0 Å². The number of rotatable bonds is 15. The second-order valence-electron chi connectivity index (χ2n) is 12.2. The molecule has 0 spiro atoms. The SMILES string of the molecule is CC=N[C-](C(N=CC[PH+](c1ccccc1)c1ccccc1)c1ccccc1)C(N=CC[PH+](c1ccccc1)c1ccccc1)c1ccccc1.CC=[N-].[Fe+2]. The van der Waals surface area contributed by atoms with Gasteiger partial charge in [-0.2, -0.15) is 6.21 Å². The monoisotopic (exact) mass is 786 g/mol. The topological polar surface area (TPSA) is 59.4 Å². The summed E-state index contributed by atoms with van der Waals surface area (Å²) < 4.78 is 0. The Hall–Kier alpha value is -4.75. The second kappa shape index (κ2) is 23.8. The molecule has 0 amide bonds. The predicted molar refractivity (Wildman–Crippen MR) is 239 cm³/mol. The largest absolute Gasteiger partial charge is 2.00 e. The molecule has 0 aliphatic rings. The van der Waals surface area contributed by atoms with Crippen LogP contribution in [0.15, 0.2) is 197 Å². The van der Waals surface area contributed by atoms with Crippen LogP contribution in [-0.2, 0) is 17.1 Å². The molecule has 272 valence electrons. The maximum absolute atomic E-state index is 7.44. The maximum atomic E-state index is 7.44. The minimum absolute atomic E-state index is 0. The zero-order valence-electron chi connectivity index (χ0n) is 30.8. The van der Waals surface area contributed by atoms with Crippen LogP contribution in [0.4, 0.5) is 0 Å². The van der Waals surface area contributed by atoms with E-state index < -0.39 is 15.8 Å². The molecule has 6 aromatic carbocycles. The number of aliphatic imine (C=N–C) groups is 3. The van der Waals surface area contributed by atoms with Crippen LogP contribution in [0.3, 0.4) is 0 Å². The van der Waals surface area contributed by atoms with Crippen molar-refractivity contribution in [2.24, 2.45) is 15.0 Å². The molecule has 0 aliphatic carbocycles. The van der Waals surface area contributed by atoms with Gasteiger partial charge in [0, 0.05) is 24.5 Å². The van der Waals surface area contributed by atoms with Crippen molar-refractivity contribution in [3.05, 3.63) is 205 Å². The second-order valence-corrected chi connectivity index (χ2v) is 17.2. The molecule has 2 unspecified atom stereocenters. The number of hydrogen-bond acceptors (Lipinski definition) is 3. The first-order chi connectivity index (χ1) is 26.2. The van der Waals surface area contributed by atoms with E-state index in [1.807, 2.05) is 13.1 Å². The molecular weight excluding hydrogens is 738 g/mol. The van der Waals surface area contributed by atoms with Gasteiger partial charge in [-0.1, -0.05) is 153 Å². The molecule has 0 fully saturated rings. The minimum atomic E-state index is -1.08. The van der Waals surface area contributed by atoms with Crippen LogP contribution < -0.4 is 21.2 Å². The van der Waals surface area contributed by atoms with Gasteiger partial charge in [-0.15, -0.1) is 0 Å². The van der Waals surface area contributed by atoms with Crippen LogP contribution in [0.5, 0.6) is 0 Å². The molecule has 6 aromatic rings. The van der Waals surface area contributed by atoms with E-state index in [1.165, 1.54) is 21.2 Å². The van der Waals surface area contributed by atoms with Crippen molar-refractivity contribution < 1.29 is 17.1 Å².